The van der Waals surface area contributed by atoms with Gasteiger partial charge in [0, 0.05) is 28.9 Å². The van der Waals surface area contributed by atoms with Crippen molar-refractivity contribution in [1.82, 2.24) is 15.0 Å². The summed E-state index contributed by atoms with van der Waals surface area (Å²) in [6, 6.07) is 15.5. The highest BCUT2D eigenvalue weighted by Gasteiger charge is 2.25. The van der Waals surface area contributed by atoms with E-state index in [2.05, 4.69) is 44.0 Å². The van der Waals surface area contributed by atoms with Gasteiger partial charge >= 0.3 is 0 Å². The van der Waals surface area contributed by atoms with Crippen molar-refractivity contribution in [2.75, 3.05) is 0 Å². The van der Waals surface area contributed by atoms with Crippen molar-refractivity contribution >= 4 is 21.6 Å². The molecule has 0 aliphatic carbocycles. The van der Waals surface area contributed by atoms with E-state index in [9.17, 15) is 0 Å². The maximum atomic E-state index is 6.70. The average Bonchev–Trinajstić information content (AvgIpc) is 3.19. The molecule has 4 rings (SSSR count). The van der Waals surface area contributed by atoms with Gasteiger partial charge in [-0.3, -0.25) is 4.98 Å². The van der Waals surface area contributed by atoms with Gasteiger partial charge in [-0.1, -0.05) is 51.1 Å². The first kappa shape index (κ1) is 20.6. The third kappa shape index (κ3) is 4.26. The van der Waals surface area contributed by atoms with Crippen molar-refractivity contribution in [3.8, 4) is 11.4 Å². The minimum Gasteiger partial charge on any atom is -0.326 e. The quantitative estimate of drug-likeness (QED) is 0.494. The predicted molar refractivity (Wildman–Crippen MR) is 124 cm³/mol. The lowest BCUT2D eigenvalue weighted by molar-refractivity contribution is 0.537. The fraction of sp³-hybridized carbons (Fsp3) is 0.292. The van der Waals surface area contributed by atoms with Gasteiger partial charge < -0.3 is 11.5 Å². The van der Waals surface area contributed by atoms with Crippen LogP contribution in [0.2, 0.25) is 0 Å². The van der Waals surface area contributed by atoms with Crippen molar-refractivity contribution < 1.29 is 0 Å². The third-order valence-corrected chi connectivity index (χ3v) is 6.74. The number of benzene rings is 1. The van der Waals surface area contributed by atoms with E-state index in [0.29, 0.717) is 12.2 Å². The largest absolute Gasteiger partial charge is 0.326 e. The number of hydrogen-bond acceptors (Lipinski definition) is 6. The van der Waals surface area contributed by atoms with E-state index in [4.69, 9.17) is 21.4 Å². The maximum Gasteiger partial charge on any atom is 0.160 e. The second-order valence-corrected chi connectivity index (χ2v) is 9.67. The van der Waals surface area contributed by atoms with Gasteiger partial charge in [0.25, 0.3) is 0 Å². The molecule has 0 radical (unpaired) electrons. The van der Waals surface area contributed by atoms with Crippen molar-refractivity contribution in [2.45, 2.75) is 44.7 Å². The van der Waals surface area contributed by atoms with E-state index in [1.54, 1.807) is 23.7 Å². The molecule has 0 aliphatic rings. The van der Waals surface area contributed by atoms with E-state index >= 15 is 0 Å². The minimum atomic E-state index is -0.400. The minimum absolute atomic E-state index is 0.0235. The van der Waals surface area contributed by atoms with Crippen LogP contribution in [-0.2, 0) is 11.8 Å². The number of pyridine rings is 1. The smallest absolute Gasteiger partial charge is 0.160 e. The van der Waals surface area contributed by atoms with E-state index in [1.807, 2.05) is 30.3 Å². The highest BCUT2D eigenvalue weighted by Crippen LogP contribution is 2.37. The lowest BCUT2D eigenvalue weighted by Gasteiger charge is -2.21. The van der Waals surface area contributed by atoms with Gasteiger partial charge in [-0.25, -0.2) is 9.97 Å². The summed E-state index contributed by atoms with van der Waals surface area (Å²) >= 11 is 1.71. The summed E-state index contributed by atoms with van der Waals surface area (Å²) in [4.78, 5) is 15.1. The zero-order valence-corrected chi connectivity index (χ0v) is 18.4. The predicted octanol–water partition coefficient (Wildman–Crippen LogP) is 4.62. The molecule has 5 nitrogen and oxygen atoms in total. The third-order valence-electron chi connectivity index (χ3n) is 5.17. The van der Waals surface area contributed by atoms with Gasteiger partial charge in [-0.2, -0.15) is 0 Å². The van der Waals surface area contributed by atoms with Gasteiger partial charge in [0.15, 0.2) is 5.82 Å². The SMILES string of the molecule is CC(C)(C)c1cc2nc(-c3ccncc3)nc(C(N)C(N)Cc3ccccc3)c2s1. The van der Waals surface area contributed by atoms with Crippen LogP contribution in [0.25, 0.3) is 21.6 Å². The fourth-order valence-corrected chi connectivity index (χ4v) is 4.59. The first-order chi connectivity index (χ1) is 14.3. The Bertz CT molecular complexity index is 1130. The van der Waals surface area contributed by atoms with E-state index < -0.39 is 6.04 Å². The average molecular weight is 418 g/mol. The van der Waals surface area contributed by atoms with Gasteiger partial charge in [0.2, 0.25) is 0 Å². The van der Waals surface area contributed by atoms with Crippen LogP contribution in [0.4, 0.5) is 0 Å². The molecule has 4 aromatic rings. The molecule has 154 valence electrons. The molecule has 0 fully saturated rings. The monoisotopic (exact) mass is 417 g/mol. The van der Waals surface area contributed by atoms with Crippen LogP contribution in [0.5, 0.6) is 0 Å². The Balaban J connectivity index is 1.80. The number of thiophene rings is 1. The normalized spacial score (nSPS) is 14.0. The second-order valence-electron chi connectivity index (χ2n) is 8.62. The zero-order chi connectivity index (χ0) is 21.3. The molecule has 4 N–H and O–H groups in total. The Morgan fingerprint density at radius 2 is 1.67 bits per heavy atom. The summed E-state index contributed by atoms with van der Waals surface area (Å²) in [6.07, 6.45) is 4.19. The molecule has 0 amide bonds. The molecule has 0 saturated heterocycles. The Kier molecular flexibility index (Phi) is 5.64. The van der Waals surface area contributed by atoms with Crippen molar-refractivity contribution in [2.24, 2.45) is 11.5 Å². The summed E-state index contributed by atoms with van der Waals surface area (Å²) < 4.78 is 1.02. The fourth-order valence-electron chi connectivity index (χ4n) is 3.39. The molecule has 2 unspecified atom stereocenters. The Labute approximate surface area is 181 Å². The molecule has 0 saturated carbocycles. The first-order valence-corrected chi connectivity index (χ1v) is 10.9. The van der Waals surface area contributed by atoms with Crippen LogP contribution in [0.15, 0.2) is 60.9 Å². The topological polar surface area (TPSA) is 90.7 Å². The standard InChI is InChI=1S/C24H27N5S/c1-24(2,3)19-14-18-22(30-19)21(29-23(28-18)16-9-11-27-12-10-16)20(26)17(25)13-15-7-5-4-6-8-15/h4-12,14,17,20H,13,25-26H2,1-3H3. The summed E-state index contributed by atoms with van der Waals surface area (Å²) in [5.74, 6) is 0.653. The molecule has 2 atom stereocenters. The number of nitrogens with zero attached hydrogens (tertiary/aromatic N) is 3. The molecule has 0 aliphatic heterocycles. The highest BCUT2D eigenvalue weighted by molar-refractivity contribution is 7.19. The van der Waals surface area contributed by atoms with E-state index in [-0.39, 0.29) is 11.5 Å². The van der Waals surface area contributed by atoms with Crippen LogP contribution >= 0.6 is 11.3 Å². The summed E-state index contributed by atoms with van der Waals surface area (Å²) in [7, 11) is 0. The van der Waals surface area contributed by atoms with Crippen LogP contribution in [0.3, 0.4) is 0 Å². The molecular weight excluding hydrogens is 390 g/mol. The summed E-state index contributed by atoms with van der Waals surface area (Å²) in [6.45, 7) is 6.61. The lowest BCUT2D eigenvalue weighted by atomic mass is 9.94. The van der Waals surface area contributed by atoms with Gasteiger partial charge in [0.05, 0.1) is 22.0 Å². The van der Waals surface area contributed by atoms with Gasteiger partial charge in [-0.05, 0) is 35.6 Å². The van der Waals surface area contributed by atoms with E-state index in [1.165, 1.54) is 10.4 Å². The Hall–Kier alpha value is -2.67. The van der Waals surface area contributed by atoms with Crippen LogP contribution in [-0.4, -0.2) is 21.0 Å². The molecule has 30 heavy (non-hydrogen) atoms. The number of hydrogen-bond donors (Lipinski definition) is 2. The van der Waals surface area contributed by atoms with E-state index in [0.717, 1.165) is 21.5 Å². The lowest BCUT2D eigenvalue weighted by Crippen LogP contribution is -2.36. The Morgan fingerprint density at radius 1 is 0.967 bits per heavy atom. The Morgan fingerprint density at radius 3 is 2.33 bits per heavy atom. The second kappa shape index (κ2) is 8.22. The van der Waals surface area contributed by atoms with Gasteiger partial charge in [0.1, 0.15) is 0 Å². The summed E-state index contributed by atoms with van der Waals surface area (Å²) in [5, 5.41) is 0. The maximum absolute atomic E-state index is 6.70. The first-order valence-electron chi connectivity index (χ1n) is 10.1. The number of aromatic nitrogens is 3. The van der Waals surface area contributed by atoms with Crippen LogP contribution in [0, 0.1) is 0 Å². The van der Waals surface area contributed by atoms with Gasteiger partial charge in [-0.15, -0.1) is 11.3 Å². The summed E-state index contributed by atoms with van der Waals surface area (Å²) in [5.41, 5.74) is 17.1. The van der Waals surface area contributed by atoms with Crippen molar-refractivity contribution in [1.29, 1.82) is 0 Å². The molecule has 3 aromatic heterocycles. The van der Waals surface area contributed by atoms with Crippen LogP contribution in [0.1, 0.15) is 42.9 Å². The molecule has 1 aromatic carbocycles. The number of fused-ring (bicyclic) bond motifs is 1. The molecule has 0 bridgehead atoms. The van der Waals surface area contributed by atoms with Crippen molar-refractivity contribution in [3.05, 3.63) is 77.1 Å². The highest BCUT2D eigenvalue weighted by atomic mass is 32.1. The zero-order valence-electron chi connectivity index (χ0n) is 17.5. The molecule has 6 heteroatoms. The molecule has 3 heterocycles. The van der Waals surface area contributed by atoms with Crippen LogP contribution < -0.4 is 11.5 Å². The number of rotatable bonds is 5. The number of nitrogens with two attached hydrogens (primary N) is 2. The van der Waals surface area contributed by atoms with Crippen molar-refractivity contribution in [3.63, 3.8) is 0 Å². The molecular formula is C24H27N5S. The molecule has 0 spiro atoms.